The highest BCUT2D eigenvalue weighted by Crippen LogP contribution is 2.24. The molecule has 0 saturated carbocycles. The average Bonchev–Trinajstić information content (AvgIpc) is 2.39. The molecule has 0 bridgehead atoms. The van der Waals surface area contributed by atoms with Crippen LogP contribution < -0.4 is 5.32 Å². The summed E-state index contributed by atoms with van der Waals surface area (Å²) < 4.78 is 6.93. The van der Waals surface area contributed by atoms with Crippen molar-refractivity contribution in [2.24, 2.45) is 0 Å². The lowest BCUT2D eigenvalue weighted by atomic mass is 10.1. The monoisotopic (exact) mass is 333 g/mol. The van der Waals surface area contributed by atoms with Crippen LogP contribution >= 0.6 is 28.3 Å². The van der Waals surface area contributed by atoms with Crippen LogP contribution in [0.3, 0.4) is 0 Å². The Morgan fingerprint density at radius 3 is 3.11 bits per heavy atom. The van der Waals surface area contributed by atoms with E-state index in [0.717, 1.165) is 43.0 Å². The van der Waals surface area contributed by atoms with Gasteiger partial charge in [-0.1, -0.05) is 0 Å². The number of fused-ring (bicyclic) bond motifs is 1. The van der Waals surface area contributed by atoms with E-state index in [1.807, 2.05) is 18.3 Å². The number of nitrogens with one attached hydrogen (secondary N) is 1. The predicted molar refractivity (Wildman–Crippen MR) is 76.1 cm³/mol. The van der Waals surface area contributed by atoms with Crippen molar-refractivity contribution in [3.8, 4) is 0 Å². The Bertz CT molecular complexity index is 389. The van der Waals surface area contributed by atoms with Gasteiger partial charge in [0.25, 0.3) is 0 Å². The zero-order valence-corrected chi connectivity index (χ0v) is 12.4. The maximum Gasteiger partial charge on any atom is 0.112 e. The van der Waals surface area contributed by atoms with Crippen molar-refractivity contribution >= 4 is 28.3 Å². The molecule has 1 N–H and O–H groups in total. The Balaban J connectivity index is 0.00000120. The first kappa shape index (κ1) is 14.2. The second kappa shape index (κ2) is 6.30. The van der Waals surface area contributed by atoms with Crippen molar-refractivity contribution in [1.29, 1.82) is 0 Å². The van der Waals surface area contributed by atoms with Gasteiger partial charge in [0, 0.05) is 42.9 Å². The summed E-state index contributed by atoms with van der Waals surface area (Å²) in [5.74, 6) is 0. The first-order chi connectivity index (χ1) is 8.33. The molecule has 2 saturated heterocycles. The zero-order chi connectivity index (χ0) is 11.7. The van der Waals surface area contributed by atoms with Crippen LogP contribution in [0.4, 0.5) is 0 Å². The lowest BCUT2D eigenvalue weighted by molar-refractivity contribution is -0.0734. The Morgan fingerprint density at radius 1 is 1.44 bits per heavy atom. The molecule has 0 amide bonds. The number of morpholine rings is 1. The summed E-state index contributed by atoms with van der Waals surface area (Å²) in [5.41, 5.74) is 1.03. The Kier molecular flexibility index (Phi) is 4.98. The van der Waals surface area contributed by atoms with Gasteiger partial charge in [0.1, 0.15) is 6.10 Å². The molecule has 0 radical (unpaired) electrons. The summed E-state index contributed by atoms with van der Waals surface area (Å²) in [7, 11) is 0. The van der Waals surface area contributed by atoms with E-state index in [9.17, 15) is 0 Å². The van der Waals surface area contributed by atoms with Crippen molar-refractivity contribution in [1.82, 2.24) is 15.2 Å². The molecule has 0 aromatic carbocycles. The van der Waals surface area contributed by atoms with Crippen molar-refractivity contribution in [3.05, 3.63) is 28.5 Å². The predicted octanol–water partition coefficient (Wildman–Crippen LogP) is 1.61. The van der Waals surface area contributed by atoms with E-state index in [4.69, 9.17) is 4.74 Å². The van der Waals surface area contributed by atoms with Gasteiger partial charge in [0.15, 0.2) is 0 Å². The number of aromatic nitrogens is 1. The van der Waals surface area contributed by atoms with Gasteiger partial charge in [-0.2, -0.15) is 0 Å². The van der Waals surface area contributed by atoms with Crippen LogP contribution in [0.15, 0.2) is 22.8 Å². The van der Waals surface area contributed by atoms with Crippen LogP contribution in [0.5, 0.6) is 0 Å². The van der Waals surface area contributed by atoms with Gasteiger partial charge in [-0.25, -0.2) is 0 Å². The van der Waals surface area contributed by atoms with E-state index < -0.39 is 0 Å². The van der Waals surface area contributed by atoms with Gasteiger partial charge < -0.3 is 10.1 Å². The number of ether oxygens (including phenoxy) is 1. The molecule has 2 aliphatic rings. The largest absolute Gasteiger partial charge is 0.369 e. The van der Waals surface area contributed by atoms with Crippen molar-refractivity contribution in [3.63, 3.8) is 0 Å². The van der Waals surface area contributed by atoms with Crippen LogP contribution in [0, 0.1) is 0 Å². The molecule has 1 aromatic heterocycles. The maximum atomic E-state index is 5.91. The van der Waals surface area contributed by atoms with E-state index in [-0.39, 0.29) is 18.5 Å². The third-order valence-electron chi connectivity index (χ3n) is 3.44. The number of halogens is 2. The van der Waals surface area contributed by atoms with Crippen LogP contribution in [-0.2, 0) is 4.74 Å². The first-order valence-electron chi connectivity index (χ1n) is 6.01. The fourth-order valence-electron chi connectivity index (χ4n) is 2.46. The van der Waals surface area contributed by atoms with E-state index in [1.54, 1.807) is 0 Å². The first-order valence-corrected chi connectivity index (χ1v) is 6.80. The summed E-state index contributed by atoms with van der Waals surface area (Å²) in [6.45, 7) is 4.99. The minimum Gasteiger partial charge on any atom is -0.369 e. The highest BCUT2D eigenvalue weighted by Gasteiger charge is 2.31. The van der Waals surface area contributed by atoms with Crippen LogP contribution in [0.2, 0.25) is 0 Å². The number of hydrogen-bond acceptors (Lipinski definition) is 4. The molecule has 2 atom stereocenters. The lowest BCUT2D eigenvalue weighted by Gasteiger charge is -2.42. The topological polar surface area (TPSA) is 37.4 Å². The van der Waals surface area contributed by atoms with Crippen LogP contribution in [0.25, 0.3) is 0 Å². The van der Waals surface area contributed by atoms with E-state index >= 15 is 0 Å². The third kappa shape index (κ3) is 3.03. The smallest absolute Gasteiger partial charge is 0.112 e. The fourth-order valence-corrected chi connectivity index (χ4v) is 2.69. The molecule has 1 aromatic rings. The summed E-state index contributed by atoms with van der Waals surface area (Å²) in [4.78, 5) is 6.93. The molecule has 4 nitrogen and oxygen atoms in total. The number of nitrogens with zero attached hydrogens (tertiary/aromatic N) is 2. The second-order valence-electron chi connectivity index (χ2n) is 4.58. The number of rotatable bonds is 1. The molecular weight excluding hydrogens is 318 g/mol. The molecule has 0 spiro atoms. The normalized spacial score (nSPS) is 28.3. The van der Waals surface area contributed by atoms with E-state index in [0.29, 0.717) is 6.04 Å². The molecule has 3 heterocycles. The van der Waals surface area contributed by atoms with Gasteiger partial charge in [-0.05, 0) is 28.1 Å². The highest BCUT2D eigenvalue weighted by atomic mass is 79.9. The fraction of sp³-hybridized carbons (Fsp3) is 0.583. The average molecular weight is 335 g/mol. The van der Waals surface area contributed by atoms with Gasteiger partial charge >= 0.3 is 0 Å². The van der Waals surface area contributed by atoms with Crippen molar-refractivity contribution in [2.45, 2.75) is 12.1 Å². The summed E-state index contributed by atoms with van der Waals surface area (Å²) in [6.07, 6.45) is 1.96. The quantitative estimate of drug-likeness (QED) is 0.847. The molecule has 0 aliphatic carbocycles. The van der Waals surface area contributed by atoms with Gasteiger partial charge in [0.2, 0.25) is 0 Å². The summed E-state index contributed by atoms with van der Waals surface area (Å²) in [5, 5.41) is 3.40. The summed E-state index contributed by atoms with van der Waals surface area (Å²) in [6, 6.07) is 4.60. The number of hydrogen-bond donors (Lipinski definition) is 1. The van der Waals surface area contributed by atoms with E-state index in [1.165, 1.54) is 0 Å². The molecule has 100 valence electrons. The molecular formula is C12H17BrClN3O. The van der Waals surface area contributed by atoms with E-state index in [2.05, 4.69) is 31.1 Å². The van der Waals surface area contributed by atoms with Crippen molar-refractivity contribution < 1.29 is 4.74 Å². The van der Waals surface area contributed by atoms with Crippen LogP contribution in [-0.4, -0.2) is 48.7 Å². The SMILES string of the molecule is Brc1ccc(C2CN3CCNC[C@H]3CO2)nc1.Cl. The van der Waals surface area contributed by atoms with Gasteiger partial charge in [-0.3, -0.25) is 9.88 Å². The highest BCUT2D eigenvalue weighted by molar-refractivity contribution is 9.10. The molecule has 18 heavy (non-hydrogen) atoms. The van der Waals surface area contributed by atoms with Crippen LogP contribution in [0.1, 0.15) is 11.8 Å². The minimum absolute atomic E-state index is 0. The van der Waals surface area contributed by atoms with Gasteiger partial charge in [0.05, 0.1) is 12.3 Å². The minimum atomic E-state index is 0. The lowest BCUT2D eigenvalue weighted by Crippen LogP contribution is -2.57. The molecule has 3 rings (SSSR count). The summed E-state index contributed by atoms with van der Waals surface area (Å²) >= 11 is 3.40. The molecule has 2 aliphatic heterocycles. The Morgan fingerprint density at radius 2 is 2.33 bits per heavy atom. The van der Waals surface area contributed by atoms with Gasteiger partial charge in [-0.15, -0.1) is 12.4 Å². The molecule has 2 fully saturated rings. The molecule has 1 unspecified atom stereocenters. The second-order valence-corrected chi connectivity index (χ2v) is 5.49. The maximum absolute atomic E-state index is 5.91. The number of pyridine rings is 1. The van der Waals surface area contributed by atoms with Crippen molar-refractivity contribution in [2.75, 3.05) is 32.8 Å². The standard InChI is InChI=1S/C12H16BrN3O.ClH/c13-9-1-2-11(15-5-9)12-7-16-4-3-14-6-10(16)8-17-12;/h1-2,5,10,12,14H,3-4,6-8H2;1H/t10-,12?;/m0./s1. The Hall–Kier alpha value is -0.200. The Labute approximate surface area is 122 Å². The third-order valence-corrected chi connectivity index (χ3v) is 3.91. The number of piperazine rings is 1. The zero-order valence-electron chi connectivity index (χ0n) is 10.0. The molecule has 6 heteroatoms.